The summed E-state index contributed by atoms with van der Waals surface area (Å²) < 4.78 is 7.03. The molecule has 1 aromatic rings. The molecular weight excluding hydrogens is 290 g/mol. The summed E-state index contributed by atoms with van der Waals surface area (Å²) >= 11 is 3.46. The summed E-state index contributed by atoms with van der Waals surface area (Å²) in [7, 11) is 0. The molecule has 0 aliphatic heterocycles. The fraction of sp³-hybridized carbons (Fsp3) is 0.600. The van der Waals surface area contributed by atoms with Crippen molar-refractivity contribution in [1.82, 2.24) is 0 Å². The predicted octanol–water partition coefficient (Wildman–Crippen LogP) is 4.15. The summed E-state index contributed by atoms with van der Waals surface area (Å²) in [5.74, 6) is 3.52. The number of hydrogen-bond donors (Lipinski definition) is 1. The highest BCUT2D eigenvalue weighted by Gasteiger charge is 2.39. The Morgan fingerprint density at radius 3 is 2.78 bits per heavy atom. The third-order valence-electron chi connectivity index (χ3n) is 4.59. The van der Waals surface area contributed by atoms with E-state index in [1.807, 2.05) is 6.07 Å². The molecule has 2 bridgehead atoms. The number of nitrogens with two attached hydrogens (primary N) is 1. The molecule has 3 heteroatoms. The Morgan fingerprint density at radius 1 is 1.33 bits per heavy atom. The Kier molecular flexibility index (Phi) is 3.27. The third-order valence-corrected chi connectivity index (χ3v) is 5.05. The fourth-order valence-corrected chi connectivity index (χ4v) is 4.31. The summed E-state index contributed by atoms with van der Waals surface area (Å²) in [5, 5.41) is 0. The first kappa shape index (κ1) is 12.3. The molecule has 2 aliphatic carbocycles. The SMILES string of the molecule is Cc1cc(Br)cc(N)c1OCC1CC2CCC1C2. The van der Waals surface area contributed by atoms with E-state index in [0.717, 1.165) is 45.8 Å². The molecule has 2 aliphatic rings. The fourth-order valence-electron chi connectivity index (χ4n) is 3.72. The van der Waals surface area contributed by atoms with E-state index in [1.54, 1.807) is 0 Å². The summed E-state index contributed by atoms with van der Waals surface area (Å²) in [6.45, 7) is 2.89. The van der Waals surface area contributed by atoms with E-state index in [9.17, 15) is 0 Å². The number of anilines is 1. The minimum absolute atomic E-state index is 0.741. The Hall–Kier alpha value is -0.700. The van der Waals surface area contributed by atoms with Crippen LogP contribution in [0.15, 0.2) is 16.6 Å². The van der Waals surface area contributed by atoms with Gasteiger partial charge >= 0.3 is 0 Å². The van der Waals surface area contributed by atoms with Gasteiger partial charge in [-0.2, -0.15) is 0 Å². The molecule has 2 fully saturated rings. The highest BCUT2D eigenvalue weighted by atomic mass is 79.9. The van der Waals surface area contributed by atoms with E-state index in [1.165, 1.54) is 25.7 Å². The van der Waals surface area contributed by atoms with Gasteiger partial charge in [0, 0.05) is 4.47 Å². The summed E-state index contributed by atoms with van der Waals surface area (Å²) in [6, 6.07) is 3.98. The van der Waals surface area contributed by atoms with Crippen LogP contribution in [0.3, 0.4) is 0 Å². The van der Waals surface area contributed by atoms with Crippen molar-refractivity contribution >= 4 is 21.6 Å². The van der Waals surface area contributed by atoms with Crippen LogP contribution in [-0.2, 0) is 0 Å². The molecule has 2 N–H and O–H groups in total. The van der Waals surface area contributed by atoms with Crippen LogP contribution in [0.1, 0.15) is 31.2 Å². The Bertz CT molecular complexity index is 437. The molecule has 1 aromatic carbocycles. The first-order valence-electron chi connectivity index (χ1n) is 6.82. The summed E-state index contributed by atoms with van der Waals surface area (Å²) in [4.78, 5) is 0. The molecule has 18 heavy (non-hydrogen) atoms. The van der Waals surface area contributed by atoms with Crippen molar-refractivity contribution in [1.29, 1.82) is 0 Å². The maximum Gasteiger partial charge on any atom is 0.145 e. The van der Waals surface area contributed by atoms with E-state index >= 15 is 0 Å². The number of ether oxygens (including phenoxy) is 1. The lowest BCUT2D eigenvalue weighted by atomic mass is 9.89. The van der Waals surface area contributed by atoms with Gasteiger partial charge in [-0.1, -0.05) is 22.4 Å². The van der Waals surface area contributed by atoms with Gasteiger partial charge in [0.05, 0.1) is 12.3 Å². The lowest BCUT2D eigenvalue weighted by Crippen LogP contribution is -2.19. The van der Waals surface area contributed by atoms with Crippen molar-refractivity contribution in [2.75, 3.05) is 12.3 Å². The third kappa shape index (κ3) is 2.25. The zero-order chi connectivity index (χ0) is 12.7. The van der Waals surface area contributed by atoms with Gasteiger partial charge in [0.25, 0.3) is 0 Å². The minimum Gasteiger partial charge on any atom is -0.491 e. The van der Waals surface area contributed by atoms with Crippen molar-refractivity contribution in [3.63, 3.8) is 0 Å². The van der Waals surface area contributed by atoms with E-state index in [0.29, 0.717) is 0 Å². The van der Waals surface area contributed by atoms with E-state index in [4.69, 9.17) is 10.5 Å². The Balaban J connectivity index is 1.67. The second-order valence-corrected chi connectivity index (χ2v) is 6.80. The van der Waals surface area contributed by atoms with Crippen LogP contribution in [0, 0.1) is 24.7 Å². The van der Waals surface area contributed by atoms with Crippen LogP contribution in [0.4, 0.5) is 5.69 Å². The highest BCUT2D eigenvalue weighted by molar-refractivity contribution is 9.10. The van der Waals surface area contributed by atoms with Gasteiger partial charge in [-0.3, -0.25) is 0 Å². The normalized spacial score (nSPS) is 29.8. The lowest BCUT2D eigenvalue weighted by Gasteiger charge is -2.22. The van der Waals surface area contributed by atoms with Gasteiger partial charge in [0.15, 0.2) is 0 Å². The maximum absolute atomic E-state index is 6.03. The quantitative estimate of drug-likeness (QED) is 0.851. The van der Waals surface area contributed by atoms with Crippen molar-refractivity contribution in [3.05, 3.63) is 22.2 Å². The van der Waals surface area contributed by atoms with Gasteiger partial charge < -0.3 is 10.5 Å². The number of benzene rings is 1. The summed E-state index contributed by atoms with van der Waals surface area (Å²) in [6.07, 6.45) is 5.65. The van der Waals surface area contributed by atoms with Gasteiger partial charge in [-0.25, -0.2) is 0 Å². The molecule has 98 valence electrons. The second-order valence-electron chi connectivity index (χ2n) is 5.89. The average molecular weight is 310 g/mol. The van der Waals surface area contributed by atoms with Crippen molar-refractivity contribution < 1.29 is 4.74 Å². The lowest BCUT2D eigenvalue weighted by molar-refractivity contribution is 0.195. The predicted molar refractivity (Wildman–Crippen MR) is 77.7 cm³/mol. The van der Waals surface area contributed by atoms with Crippen LogP contribution >= 0.6 is 15.9 Å². The molecule has 2 saturated carbocycles. The second kappa shape index (κ2) is 4.76. The van der Waals surface area contributed by atoms with Crippen molar-refractivity contribution in [2.45, 2.75) is 32.6 Å². The molecule has 0 aromatic heterocycles. The molecule has 0 amide bonds. The number of halogens is 1. The van der Waals surface area contributed by atoms with Crippen molar-refractivity contribution in [3.8, 4) is 5.75 Å². The number of nitrogen functional groups attached to an aromatic ring is 1. The van der Waals surface area contributed by atoms with Gasteiger partial charge in [0.1, 0.15) is 5.75 Å². The number of aryl methyl sites for hydroxylation is 1. The number of hydrogen-bond acceptors (Lipinski definition) is 2. The topological polar surface area (TPSA) is 35.2 Å². The molecule has 2 nitrogen and oxygen atoms in total. The van der Waals surface area contributed by atoms with Gasteiger partial charge in [-0.15, -0.1) is 0 Å². The smallest absolute Gasteiger partial charge is 0.145 e. The van der Waals surface area contributed by atoms with Crippen LogP contribution in [-0.4, -0.2) is 6.61 Å². The first-order chi connectivity index (χ1) is 8.63. The molecule has 0 spiro atoms. The Labute approximate surface area is 117 Å². The van der Waals surface area contributed by atoms with Crippen LogP contribution in [0.25, 0.3) is 0 Å². The van der Waals surface area contributed by atoms with Crippen LogP contribution < -0.4 is 10.5 Å². The molecule has 3 unspecified atom stereocenters. The van der Waals surface area contributed by atoms with E-state index in [2.05, 4.69) is 28.9 Å². The van der Waals surface area contributed by atoms with Gasteiger partial charge in [-0.05, 0) is 61.6 Å². The van der Waals surface area contributed by atoms with E-state index < -0.39 is 0 Å². The number of fused-ring (bicyclic) bond motifs is 2. The highest BCUT2D eigenvalue weighted by Crippen LogP contribution is 2.48. The molecule has 0 radical (unpaired) electrons. The zero-order valence-electron chi connectivity index (χ0n) is 10.8. The summed E-state index contributed by atoms with van der Waals surface area (Å²) in [5.41, 5.74) is 7.88. The van der Waals surface area contributed by atoms with Crippen LogP contribution in [0.2, 0.25) is 0 Å². The molecule has 3 atom stereocenters. The average Bonchev–Trinajstić information content (AvgIpc) is 2.89. The monoisotopic (exact) mass is 309 g/mol. The standard InChI is InChI=1S/C15H20BrNO/c1-9-4-13(16)7-14(17)15(9)18-8-12-6-10-2-3-11(12)5-10/h4,7,10-12H,2-3,5-6,8,17H2,1H3. The minimum atomic E-state index is 0.741. The molecule has 0 saturated heterocycles. The maximum atomic E-state index is 6.03. The molecule has 0 heterocycles. The van der Waals surface area contributed by atoms with E-state index in [-0.39, 0.29) is 0 Å². The first-order valence-corrected chi connectivity index (χ1v) is 7.61. The van der Waals surface area contributed by atoms with Crippen molar-refractivity contribution in [2.24, 2.45) is 17.8 Å². The molecule has 3 rings (SSSR count). The van der Waals surface area contributed by atoms with Gasteiger partial charge in [0.2, 0.25) is 0 Å². The molecular formula is C15H20BrNO. The zero-order valence-corrected chi connectivity index (χ0v) is 12.4. The number of rotatable bonds is 3. The van der Waals surface area contributed by atoms with Crippen LogP contribution in [0.5, 0.6) is 5.75 Å². The largest absolute Gasteiger partial charge is 0.491 e. The Morgan fingerprint density at radius 2 is 2.17 bits per heavy atom.